The highest BCUT2D eigenvalue weighted by molar-refractivity contribution is 5.94. The van der Waals surface area contributed by atoms with Crippen LogP contribution < -0.4 is 4.90 Å². The molecule has 1 aromatic carbocycles. The lowest BCUT2D eigenvalue weighted by molar-refractivity contribution is 0.0377. The molecule has 1 aromatic rings. The molecule has 2 aliphatic rings. The molecular formula is C18H26N2O2. The Bertz CT molecular complexity index is 486. The number of anilines is 1. The molecule has 0 amide bonds. The van der Waals surface area contributed by atoms with Crippen molar-refractivity contribution >= 4 is 11.5 Å². The van der Waals surface area contributed by atoms with E-state index in [-0.39, 0.29) is 5.78 Å². The van der Waals surface area contributed by atoms with Crippen molar-refractivity contribution in [2.75, 3.05) is 50.8 Å². The first kappa shape index (κ1) is 15.5. The lowest BCUT2D eigenvalue weighted by Crippen LogP contribution is -2.48. The van der Waals surface area contributed by atoms with Crippen LogP contribution in [0.25, 0.3) is 0 Å². The summed E-state index contributed by atoms with van der Waals surface area (Å²) in [4.78, 5) is 16.3. The predicted molar refractivity (Wildman–Crippen MR) is 88.6 cm³/mol. The molecule has 2 heterocycles. The molecule has 0 bridgehead atoms. The summed E-state index contributed by atoms with van der Waals surface area (Å²) >= 11 is 0. The average Bonchev–Trinajstić information content (AvgIpc) is 2.57. The highest BCUT2D eigenvalue weighted by Gasteiger charge is 2.22. The minimum atomic E-state index is 0.131. The summed E-state index contributed by atoms with van der Waals surface area (Å²) in [6.07, 6.45) is 2.53. The molecule has 2 fully saturated rings. The molecule has 4 heteroatoms. The van der Waals surface area contributed by atoms with Gasteiger partial charge in [-0.1, -0.05) is 0 Å². The van der Waals surface area contributed by atoms with Crippen LogP contribution in [-0.2, 0) is 4.74 Å². The third-order valence-electron chi connectivity index (χ3n) is 4.78. The third kappa shape index (κ3) is 3.87. The summed E-state index contributed by atoms with van der Waals surface area (Å²) in [6.45, 7) is 9.03. The van der Waals surface area contributed by atoms with Gasteiger partial charge in [0.15, 0.2) is 5.78 Å². The second-order valence-electron chi connectivity index (χ2n) is 6.47. The van der Waals surface area contributed by atoms with Crippen LogP contribution in [0.4, 0.5) is 5.69 Å². The number of ketones is 1. The van der Waals surface area contributed by atoms with Gasteiger partial charge >= 0.3 is 0 Å². The van der Waals surface area contributed by atoms with Crippen molar-refractivity contribution in [2.24, 2.45) is 5.92 Å². The summed E-state index contributed by atoms with van der Waals surface area (Å²) in [6, 6.07) is 8.01. The fourth-order valence-corrected chi connectivity index (χ4v) is 3.41. The second kappa shape index (κ2) is 7.25. The van der Waals surface area contributed by atoms with E-state index in [0.717, 1.165) is 50.9 Å². The van der Waals surface area contributed by atoms with Gasteiger partial charge in [0.05, 0.1) is 6.61 Å². The summed E-state index contributed by atoms with van der Waals surface area (Å²) in [5, 5.41) is 0. The van der Waals surface area contributed by atoms with E-state index in [1.165, 1.54) is 25.1 Å². The number of hydrogen-bond acceptors (Lipinski definition) is 4. The molecule has 1 atom stereocenters. The van der Waals surface area contributed by atoms with E-state index in [1.54, 1.807) is 6.92 Å². The standard InChI is InChI=1S/C18H26N2O2/c1-15(21)17-4-6-18(7-5-17)20-10-8-19(9-11-20)13-16-3-2-12-22-14-16/h4-7,16H,2-3,8-14H2,1H3/t16-/m1/s1. The van der Waals surface area contributed by atoms with Gasteiger partial charge in [0, 0.05) is 50.6 Å². The van der Waals surface area contributed by atoms with Gasteiger partial charge in [0.1, 0.15) is 0 Å². The van der Waals surface area contributed by atoms with Gasteiger partial charge < -0.3 is 9.64 Å². The monoisotopic (exact) mass is 302 g/mol. The molecule has 0 aliphatic carbocycles. The fraction of sp³-hybridized carbons (Fsp3) is 0.611. The van der Waals surface area contributed by atoms with E-state index in [9.17, 15) is 4.79 Å². The molecule has 4 nitrogen and oxygen atoms in total. The van der Waals surface area contributed by atoms with Crippen LogP contribution in [0.5, 0.6) is 0 Å². The number of hydrogen-bond donors (Lipinski definition) is 0. The van der Waals surface area contributed by atoms with Gasteiger partial charge in [0.2, 0.25) is 0 Å². The Hall–Kier alpha value is -1.39. The molecule has 2 saturated heterocycles. The first-order chi connectivity index (χ1) is 10.7. The van der Waals surface area contributed by atoms with Crippen molar-refractivity contribution in [3.8, 4) is 0 Å². The Balaban J connectivity index is 1.49. The van der Waals surface area contributed by atoms with Crippen LogP contribution in [0.1, 0.15) is 30.1 Å². The fourth-order valence-electron chi connectivity index (χ4n) is 3.41. The molecule has 2 aliphatic heterocycles. The predicted octanol–water partition coefficient (Wildman–Crippen LogP) is 2.44. The first-order valence-corrected chi connectivity index (χ1v) is 8.38. The molecule has 22 heavy (non-hydrogen) atoms. The van der Waals surface area contributed by atoms with E-state index >= 15 is 0 Å². The molecule has 0 spiro atoms. The lowest BCUT2D eigenvalue weighted by atomic mass is 10.0. The largest absolute Gasteiger partial charge is 0.381 e. The maximum absolute atomic E-state index is 11.3. The van der Waals surface area contributed by atoms with Crippen molar-refractivity contribution < 1.29 is 9.53 Å². The Labute approximate surface area is 133 Å². The van der Waals surface area contributed by atoms with Crippen molar-refractivity contribution in [3.05, 3.63) is 29.8 Å². The van der Waals surface area contributed by atoms with Gasteiger partial charge in [-0.2, -0.15) is 0 Å². The topological polar surface area (TPSA) is 32.8 Å². The Morgan fingerprint density at radius 2 is 1.91 bits per heavy atom. The van der Waals surface area contributed by atoms with E-state index < -0.39 is 0 Å². The van der Waals surface area contributed by atoms with Gasteiger partial charge in [-0.25, -0.2) is 0 Å². The van der Waals surface area contributed by atoms with Crippen LogP contribution in [0.3, 0.4) is 0 Å². The van der Waals surface area contributed by atoms with Crippen LogP contribution >= 0.6 is 0 Å². The summed E-state index contributed by atoms with van der Waals surface area (Å²) in [5.74, 6) is 0.848. The number of carbonyl (C=O) groups excluding carboxylic acids is 1. The number of ether oxygens (including phenoxy) is 1. The second-order valence-corrected chi connectivity index (χ2v) is 6.47. The smallest absolute Gasteiger partial charge is 0.159 e. The van der Waals surface area contributed by atoms with E-state index in [4.69, 9.17) is 4.74 Å². The Kier molecular flexibility index (Phi) is 5.11. The Morgan fingerprint density at radius 3 is 2.50 bits per heavy atom. The summed E-state index contributed by atoms with van der Waals surface area (Å²) in [5.41, 5.74) is 2.02. The molecule has 3 rings (SSSR count). The van der Waals surface area contributed by atoms with Crippen molar-refractivity contribution in [2.45, 2.75) is 19.8 Å². The van der Waals surface area contributed by atoms with Gasteiger partial charge in [0.25, 0.3) is 0 Å². The van der Waals surface area contributed by atoms with Gasteiger partial charge in [-0.05, 0) is 49.9 Å². The molecule has 0 saturated carbocycles. The highest BCUT2D eigenvalue weighted by Crippen LogP contribution is 2.20. The molecule has 0 aromatic heterocycles. The van der Waals surface area contributed by atoms with Gasteiger partial charge in [-0.3, -0.25) is 9.69 Å². The van der Waals surface area contributed by atoms with Crippen LogP contribution in [0, 0.1) is 5.92 Å². The minimum absolute atomic E-state index is 0.131. The normalized spacial score (nSPS) is 23.5. The zero-order valence-corrected chi connectivity index (χ0v) is 13.5. The zero-order valence-electron chi connectivity index (χ0n) is 13.5. The minimum Gasteiger partial charge on any atom is -0.381 e. The summed E-state index contributed by atoms with van der Waals surface area (Å²) < 4.78 is 5.58. The number of benzene rings is 1. The van der Waals surface area contributed by atoms with E-state index in [2.05, 4.69) is 21.9 Å². The van der Waals surface area contributed by atoms with E-state index in [0.29, 0.717) is 0 Å². The van der Waals surface area contributed by atoms with Crippen molar-refractivity contribution in [1.29, 1.82) is 0 Å². The molecule has 0 radical (unpaired) electrons. The lowest BCUT2D eigenvalue weighted by Gasteiger charge is -2.38. The molecule has 0 N–H and O–H groups in total. The highest BCUT2D eigenvalue weighted by atomic mass is 16.5. The molecule has 120 valence electrons. The quantitative estimate of drug-likeness (QED) is 0.800. The number of carbonyl (C=O) groups is 1. The maximum Gasteiger partial charge on any atom is 0.159 e. The van der Waals surface area contributed by atoms with Crippen molar-refractivity contribution in [3.63, 3.8) is 0 Å². The van der Waals surface area contributed by atoms with Crippen LogP contribution in [0.2, 0.25) is 0 Å². The number of piperazine rings is 1. The molecule has 0 unspecified atom stereocenters. The Morgan fingerprint density at radius 1 is 1.18 bits per heavy atom. The number of rotatable bonds is 4. The first-order valence-electron chi connectivity index (χ1n) is 8.38. The van der Waals surface area contributed by atoms with Crippen molar-refractivity contribution in [1.82, 2.24) is 4.90 Å². The van der Waals surface area contributed by atoms with Crippen LogP contribution in [-0.4, -0.2) is 56.6 Å². The molecular weight excluding hydrogens is 276 g/mol. The zero-order chi connectivity index (χ0) is 15.4. The summed E-state index contributed by atoms with van der Waals surface area (Å²) in [7, 11) is 0. The maximum atomic E-state index is 11.3. The van der Waals surface area contributed by atoms with E-state index in [1.807, 2.05) is 12.1 Å². The third-order valence-corrected chi connectivity index (χ3v) is 4.78. The number of Topliss-reactive ketones (excluding diaryl/α,β-unsaturated/α-hetero) is 1. The van der Waals surface area contributed by atoms with Crippen LogP contribution in [0.15, 0.2) is 24.3 Å². The average molecular weight is 302 g/mol. The SMILES string of the molecule is CC(=O)c1ccc(N2CCN(C[C@H]3CCCOC3)CC2)cc1. The van der Waals surface area contributed by atoms with Gasteiger partial charge in [-0.15, -0.1) is 0 Å². The number of nitrogens with zero attached hydrogens (tertiary/aromatic N) is 2.